The highest BCUT2D eigenvalue weighted by Gasteiger charge is 2.15. The standard InChI is InChI=1S/C18H24N4O3/c1-12(17(23)21-8-6-19)13-2-3-15-11-16(5-4-14(15)10-13)25-18(24)22-9-7-20/h2-5,10-12H,6-9,19-20H2,1H3,(H,21,23)(H,22,24)/p+1. The molecule has 0 spiro atoms. The molecule has 25 heavy (non-hydrogen) atoms. The molecule has 0 aliphatic rings. The highest BCUT2D eigenvalue weighted by Crippen LogP contribution is 2.25. The third-order valence-corrected chi connectivity index (χ3v) is 3.83. The molecule has 134 valence electrons. The molecule has 0 radical (unpaired) electrons. The Kier molecular flexibility index (Phi) is 6.73. The Morgan fingerprint density at radius 3 is 2.56 bits per heavy atom. The number of hydrogen-bond acceptors (Lipinski definition) is 4. The maximum absolute atomic E-state index is 12.1. The molecular weight excluding hydrogens is 320 g/mol. The fourth-order valence-electron chi connectivity index (χ4n) is 2.41. The van der Waals surface area contributed by atoms with Crippen LogP contribution in [0.1, 0.15) is 18.4 Å². The lowest BCUT2D eigenvalue weighted by molar-refractivity contribution is -0.364. The first-order chi connectivity index (χ1) is 12.0. The number of nitrogens with two attached hydrogens (primary N) is 1. The number of hydrogen-bond donors (Lipinski definition) is 4. The van der Waals surface area contributed by atoms with Gasteiger partial charge in [0, 0.05) is 13.1 Å². The Labute approximate surface area is 146 Å². The second-order valence-electron chi connectivity index (χ2n) is 5.74. The van der Waals surface area contributed by atoms with Crippen LogP contribution in [0.15, 0.2) is 36.4 Å². The number of benzene rings is 2. The van der Waals surface area contributed by atoms with Crippen LogP contribution in [0, 0.1) is 0 Å². The van der Waals surface area contributed by atoms with Gasteiger partial charge >= 0.3 is 6.09 Å². The first-order valence-electron chi connectivity index (χ1n) is 8.31. The van der Waals surface area contributed by atoms with Gasteiger partial charge in [0.05, 0.1) is 19.0 Å². The van der Waals surface area contributed by atoms with Crippen molar-refractivity contribution in [3.05, 3.63) is 42.0 Å². The zero-order chi connectivity index (χ0) is 18.2. The van der Waals surface area contributed by atoms with Crippen LogP contribution in [0.4, 0.5) is 4.79 Å². The van der Waals surface area contributed by atoms with Gasteiger partial charge in [0.15, 0.2) is 0 Å². The van der Waals surface area contributed by atoms with Gasteiger partial charge in [-0.2, -0.15) is 0 Å². The van der Waals surface area contributed by atoms with Crippen LogP contribution in [0.5, 0.6) is 5.75 Å². The molecule has 0 aromatic heterocycles. The minimum atomic E-state index is -0.530. The lowest BCUT2D eigenvalue weighted by atomic mass is 9.97. The van der Waals surface area contributed by atoms with Crippen LogP contribution in [0.25, 0.3) is 10.8 Å². The van der Waals surface area contributed by atoms with Gasteiger partial charge in [0.25, 0.3) is 0 Å². The molecule has 2 aromatic rings. The normalized spacial score (nSPS) is 11.8. The van der Waals surface area contributed by atoms with Crippen LogP contribution in [-0.4, -0.2) is 38.2 Å². The summed E-state index contributed by atoms with van der Waals surface area (Å²) in [7, 11) is 0. The van der Waals surface area contributed by atoms with E-state index in [-0.39, 0.29) is 11.8 Å². The van der Waals surface area contributed by atoms with Crippen molar-refractivity contribution in [2.75, 3.05) is 26.2 Å². The Hall–Kier alpha value is -2.64. The number of quaternary nitrogens is 1. The summed E-state index contributed by atoms with van der Waals surface area (Å²) in [5.74, 6) is 0.199. The summed E-state index contributed by atoms with van der Waals surface area (Å²) in [6, 6.07) is 11.2. The molecule has 7 nitrogen and oxygen atoms in total. The van der Waals surface area contributed by atoms with E-state index in [2.05, 4.69) is 16.4 Å². The number of fused-ring (bicyclic) bond motifs is 1. The quantitative estimate of drug-likeness (QED) is 0.578. The monoisotopic (exact) mass is 345 g/mol. The fourth-order valence-corrected chi connectivity index (χ4v) is 2.41. The van der Waals surface area contributed by atoms with Gasteiger partial charge in [-0.05, 0) is 35.4 Å². The molecule has 0 aliphatic heterocycles. The van der Waals surface area contributed by atoms with Gasteiger partial charge in [-0.3, -0.25) is 4.79 Å². The fraction of sp³-hybridized carbons (Fsp3) is 0.333. The van der Waals surface area contributed by atoms with Crippen LogP contribution in [0.2, 0.25) is 0 Å². The average molecular weight is 345 g/mol. The highest BCUT2D eigenvalue weighted by molar-refractivity contribution is 5.88. The summed E-state index contributed by atoms with van der Waals surface area (Å²) in [6.45, 7) is 3.83. The Morgan fingerprint density at radius 2 is 1.84 bits per heavy atom. The minimum Gasteiger partial charge on any atom is -0.410 e. The van der Waals surface area contributed by atoms with Crippen molar-refractivity contribution >= 4 is 22.8 Å². The van der Waals surface area contributed by atoms with Crippen molar-refractivity contribution < 1.29 is 20.1 Å². The molecule has 2 amide bonds. The minimum absolute atomic E-state index is 0.0143. The predicted molar refractivity (Wildman–Crippen MR) is 96.2 cm³/mol. The summed E-state index contributed by atoms with van der Waals surface area (Å²) in [5, 5.41) is 7.30. The molecule has 1 atom stereocenters. The second-order valence-corrected chi connectivity index (χ2v) is 5.74. The molecule has 0 heterocycles. The summed E-state index contributed by atoms with van der Waals surface area (Å²) in [5.41, 5.74) is 9.98. The van der Waals surface area contributed by atoms with Crippen LogP contribution < -0.4 is 26.8 Å². The maximum Gasteiger partial charge on any atom is 0.412 e. The largest absolute Gasteiger partial charge is 0.412 e. The average Bonchev–Trinajstić information content (AvgIpc) is 2.63. The molecule has 2 rings (SSSR count). The zero-order valence-corrected chi connectivity index (χ0v) is 14.4. The van der Waals surface area contributed by atoms with Crippen molar-refractivity contribution in [3.63, 3.8) is 0 Å². The molecule has 0 saturated carbocycles. The summed E-state index contributed by atoms with van der Waals surface area (Å²) in [6.07, 6.45) is -0.530. The van der Waals surface area contributed by atoms with E-state index < -0.39 is 6.09 Å². The zero-order valence-electron chi connectivity index (χ0n) is 14.4. The SMILES string of the molecule is CC(C(=O)NCC[NH3+])c1ccc2cc(OC(=O)NCCN)ccc2c1. The first kappa shape index (κ1) is 18.7. The molecule has 0 bridgehead atoms. The third kappa shape index (κ3) is 5.17. The van der Waals surface area contributed by atoms with Crippen molar-refractivity contribution in [3.8, 4) is 5.75 Å². The van der Waals surface area contributed by atoms with Crippen LogP contribution in [-0.2, 0) is 4.79 Å². The smallest absolute Gasteiger partial charge is 0.410 e. The Balaban J connectivity index is 2.12. The van der Waals surface area contributed by atoms with E-state index >= 15 is 0 Å². The number of carbonyl (C=O) groups excluding carboxylic acids is 2. The summed E-state index contributed by atoms with van der Waals surface area (Å²) in [4.78, 5) is 23.7. The Morgan fingerprint density at radius 1 is 1.12 bits per heavy atom. The predicted octanol–water partition coefficient (Wildman–Crippen LogP) is 0.349. The van der Waals surface area contributed by atoms with Crippen molar-refractivity contribution in [2.24, 2.45) is 5.73 Å². The van der Waals surface area contributed by atoms with E-state index in [1.807, 2.05) is 31.2 Å². The molecular formula is C18H25N4O3+. The highest BCUT2D eigenvalue weighted by atomic mass is 16.6. The molecule has 7 heteroatoms. The molecule has 1 unspecified atom stereocenters. The van der Waals surface area contributed by atoms with Gasteiger partial charge in [-0.25, -0.2) is 4.79 Å². The van der Waals surface area contributed by atoms with Crippen molar-refractivity contribution in [1.29, 1.82) is 0 Å². The van der Waals surface area contributed by atoms with E-state index in [9.17, 15) is 9.59 Å². The second kappa shape index (κ2) is 9.00. The van der Waals surface area contributed by atoms with E-state index in [4.69, 9.17) is 10.5 Å². The van der Waals surface area contributed by atoms with Crippen LogP contribution in [0.3, 0.4) is 0 Å². The summed E-state index contributed by atoms with van der Waals surface area (Å²) >= 11 is 0. The lowest BCUT2D eigenvalue weighted by Gasteiger charge is -2.13. The lowest BCUT2D eigenvalue weighted by Crippen LogP contribution is -2.55. The van der Waals surface area contributed by atoms with Crippen LogP contribution >= 0.6 is 0 Å². The summed E-state index contributed by atoms with van der Waals surface area (Å²) < 4.78 is 5.21. The number of ether oxygens (including phenoxy) is 1. The van der Waals surface area contributed by atoms with E-state index in [1.54, 1.807) is 12.1 Å². The van der Waals surface area contributed by atoms with Crippen molar-refractivity contribution in [2.45, 2.75) is 12.8 Å². The van der Waals surface area contributed by atoms with Gasteiger partial charge in [-0.15, -0.1) is 0 Å². The van der Waals surface area contributed by atoms with E-state index in [1.165, 1.54) is 0 Å². The number of amides is 2. The van der Waals surface area contributed by atoms with E-state index in [0.717, 1.165) is 16.3 Å². The molecule has 0 saturated heterocycles. The van der Waals surface area contributed by atoms with Gasteiger partial charge in [0.2, 0.25) is 5.91 Å². The molecule has 2 aromatic carbocycles. The number of nitrogens with one attached hydrogen (secondary N) is 2. The van der Waals surface area contributed by atoms with Gasteiger partial charge < -0.3 is 26.8 Å². The molecule has 0 aliphatic carbocycles. The number of rotatable bonds is 7. The first-order valence-corrected chi connectivity index (χ1v) is 8.31. The number of carbonyl (C=O) groups is 2. The topological polar surface area (TPSA) is 121 Å². The maximum atomic E-state index is 12.1. The molecule has 0 fully saturated rings. The van der Waals surface area contributed by atoms with Gasteiger partial charge in [0.1, 0.15) is 5.75 Å². The molecule has 7 N–H and O–H groups in total. The van der Waals surface area contributed by atoms with Gasteiger partial charge in [-0.1, -0.05) is 24.3 Å². The third-order valence-electron chi connectivity index (χ3n) is 3.83. The Bertz CT molecular complexity index is 748. The van der Waals surface area contributed by atoms with Crippen molar-refractivity contribution in [1.82, 2.24) is 10.6 Å². The van der Waals surface area contributed by atoms with E-state index in [0.29, 0.717) is 31.9 Å².